The number of rotatable bonds is 3. The molecule has 0 amide bonds. The molecule has 0 aliphatic rings. The van der Waals surface area contributed by atoms with Crippen LogP contribution in [-0.2, 0) is 0 Å². The van der Waals surface area contributed by atoms with Crippen LogP contribution in [0.25, 0.3) is 10.9 Å². The molecule has 1 atom stereocenters. The van der Waals surface area contributed by atoms with Gasteiger partial charge < -0.3 is 10.1 Å². The fourth-order valence-electron chi connectivity index (χ4n) is 3.42. The first kappa shape index (κ1) is 15.5. The molecule has 0 bridgehead atoms. The molecule has 0 saturated carbocycles. The number of aromatic nitrogens is 1. The maximum Gasteiger partial charge on any atom is 0.123 e. The summed E-state index contributed by atoms with van der Waals surface area (Å²) in [5.74, 6) is -0.211. The van der Waals surface area contributed by atoms with Crippen LogP contribution in [0.15, 0.2) is 72.9 Å². The van der Waals surface area contributed by atoms with Gasteiger partial charge in [-0.05, 0) is 42.3 Å². The smallest absolute Gasteiger partial charge is 0.123 e. The fraction of sp³-hybridized carbons (Fsp3) is 0.0909. The molecule has 4 rings (SSSR count). The van der Waals surface area contributed by atoms with Gasteiger partial charge in [0.25, 0.3) is 0 Å². The Bertz CT molecular complexity index is 1030. The van der Waals surface area contributed by atoms with Crippen LogP contribution in [0.3, 0.4) is 0 Å². The fourth-order valence-corrected chi connectivity index (χ4v) is 3.42. The summed E-state index contributed by atoms with van der Waals surface area (Å²) in [5, 5.41) is 11.6. The van der Waals surface area contributed by atoms with Gasteiger partial charge in [-0.2, -0.15) is 0 Å². The number of aromatic hydroxyl groups is 1. The Kier molecular flexibility index (Phi) is 3.77. The van der Waals surface area contributed by atoms with Crippen LogP contribution in [0, 0.1) is 12.7 Å². The van der Waals surface area contributed by atoms with Gasteiger partial charge in [0.2, 0.25) is 0 Å². The molecule has 1 unspecified atom stereocenters. The molecule has 2 nitrogen and oxygen atoms in total. The number of hydrogen-bond acceptors (Lipinski definition) is 1. The number of phenols is 1. The number of para-hydroxylation sites is 1. The maximum atomic E-state index is 13.4. The lowest BCUT2D eigenvalue weighted by Gasteiger charge is -2.20. The van der Waals surface area contributed by atoms with Crippen LogP contribution < -0.4 is 0 Å². The highest BCUT2D eigenvalue weighted by molar-refractivity contribution is 5.85. The molecule has 0 aliphatic heterocycles. The summed E-state index contributed by atoms with van der Waals surface area (Å²) in [5.41, 5.74) is 4.92. The van der Waals surface area contributed by atoms with E-state index in [0.29, 0.717) is 0 Å². The Morgan fingerprint density at radius 1 is 0.920 bits per heavy atom. The van der Waals surface area contributed by atoms with Gasteiger partial charge in [-0.25, -0.2) is 4.39 Å². The van der Waals surface area contributed by atoms with E-state index in [-0.39, 0.29) is 17.5 Å². The van der Waals surface area contributed by atoms with Gasteiger partial charge in [-0.15, -0.1) is 0 Å². The highest BCUT2D eigenvalue weighted by Gasteiger charge is 2.23. The van der Waals surface area contributed by atoms with Gasteiger partial charge in [0.05, 0.1) is 0 Å². The summed E-state index contributed by atoms with van der Waals surface area (Å²) in [7, 11) is 0. The van der Waals surface area contributed by atoms with E-state index < -0.39 is 0 Å². The highest BCUT2D eigenvalue weighted by atomic mass is 19.1. The lowest BCUT2D eigenvalue weighted by Crippen LogP contribution is -2.04. The number of benzene rings is 3. The number of fused-ring (bicyclic) bond motifs is 1. The predicted octanol–water partition coefficient (Wildman–Crippen LogP) is 5.50. The number of halogens is 1. The topological polar surface area (TPSA) is 36.0 Å². The lowest BCUT2D eigenvalue weighted by molar-refractivity contribution is 0.467. The SMILES string of the molecule is Cc1ccc(O)c(C(c2ccc(F)cc2)c2c[nH]c3ccccc23)c1. The normalized spacial score (nSPS) is 12.4. The molecule has 0 saturated heterocycles. The molecule has 1 aromatic heterocycles. The summed E-state index contributed by atoms with van der Waals surface area (Å²) in [6.45, 7) is 2.00. The maximum absolute atomic E-state index is 13.4. The number of aromatic amines is 1. The minimum atomic E-state index is -0.269. The second kappa shape index (κ2) is 6.10. The number of H-pyrrole nitrogens is 1. The summed E-state index contributed by atoms with van der Waals surface area (Å²) in [6.07, 6.45) is 1.97. The van der Waals surface area contributed by atoms with Crippen molar-refractivity contribution in [3.63, 3.8) is 0 Å². The van der Waals surface area contributed by atoms with Crippen molar-refractivity contribution in [2.24, 2.45) is 0 Å². The first-order valence-electron chi connectivity index (χ1n) is 8.24. The summed E-state index contributed by atoms with van der Waals surface area (Å²) in [6, 6.07) is 20.1. The lowest BCUT2D eigenvalue weighted by atomic mass is 9.84. The van der Waals surface area contributed by atoms with E-state index in [1.165, 1.54) is 12.1 Å². The van der Waals surface area contributed by atoms with Gasteiger partial charge in [-0.3, -0.25) is 0 Å². The van der Waals surface area contributed by atoms with Crippen molar-refractivity contribution in [2.75, 3.05) is 0 Å². The Morgan fingerprint density at radius 2 is 1.68 bits per heavy atom. The van der Waals surface area contributed by atoms with Crippen LogP contribution in [0.4, 0.5) is 4.39 Å². The van der Waals surface area contributed by atoms with Gasteiger partial charge in [0.15, 0.2) is 0 Å². The number of nitrogens with one attached hydrogen (secondary N) is 1. The van der Waals surface area contributed by atoms with Gasteiger partial charge in [-0.1, -0.05) is 48.0 Å². The molecule has 3 heteroatoms. The molecule has 0 spiro atoms. The Labute approximate surface area is 145 Å². The summed E-state index contributed by atoms with van der Waals surface area (Å²) < 4.78 is 13.4. The minimum absolute atomic E-state index is 0.184. The number of hydrogen-bond donors (Lipinski definition) is 2. The standard InChI is InChI=1S/C22H18FNO/c1-14-6-11-21(25)18(12-14)22(15-7-9-16(23)10-8-15)19-13-24-20-5-3-2-4-17(19)20/h2-13,22,24-25H,1H3. The molecular formula is C22H18FNO. The molecule has 0 fully saturated rings. The average molecular weight is 331 g/mol. The van der Waals surface area contributed by atoms with Crippen LogP contribution in [-0.4, -0.2) is 10.1 Å². The molecule has 0 radical (unpaired) electrons. The van der Waals surface area contributed by atoms with Crippen molar-refractivity contribution in [1.29, 1.82) is 0 Å². The quantitative estimate of drug-likeness (QED) is 0.511. The molecule has 25 heavy (non-hydrogen) atoms. The van der Waals surface area contributed by atoms with Crippen LogP contribution in [0.2, 0.25) is 0 Å². The second-order valence-corrected chi connectivity index (χ2v) is 6.34. The second-order valence-electron chi connectivity index (χ2n) is 6.34. The van der Waals surface area contributed by atoms with Crippen molar-refractivity contribution in [1.82, 2.24) is 4.98 Å². The molecule has 4 aromatic rings. The van der Waals surface area contributed by atoms with E-state index >= 15 is 0 Å². The highest BCUT2D eigenvalue weighted by Crippen LogP contribution is 2.40. The first-order chi connectivity index (χ1) is 12.1. The predicted molar refractivity (Wildman–Crippen MR) is 98.5 cm³/mol. The molecule has 1 heterocycles. The summed E-state index contributed by atoms with van der Waals surface area (Å²) >= 11 is 0. The number of aryl methyl sites for hydroxylation is 1. The van der Waals surface area contributed by atoms with Crippen LogP contribution in [0.5, 0.6) is 5.75 Å². The zero-order chi connectivity index (χ0) is 17.4. The Hall–Kier alpha value is -3.07. The largest absolute Gasteiger partial charge is 0.508 e. The Balaban J connectivity index is 1.98. The van der Waals surface area contributed by atoms with E-state index in [4.69, 9.17) is 0 Å². The average Bonchev–Trinajstić information content (AvgIpc) is 3.04. The van der Waals surface area contributed by atoms with E-state index in [1.54, 1.807) is 18.2 Å². The summed E-state index contributed by atoms with van der Waals surface area (Å²) in [4.78, 5) is 3.30. The third-order valence-corrected chi connectivity index (χ3v) is 4.63. The monoisotopic (exact) mass is 331 g/mol. The van der Waals surface area contributed by atoms with Gasteiger partial charge in [0, 0.05) is 28.6 Å². The third-order valence-electron chi connectivity index (χ3n) is 4.63. The Morgan fingerprint density at radius 3 is 2.48 bits per heavy atom. The van der Waals surface area contributed by atoms with Crippen molar-refractivity contribution in [2.45, 2.75) is 12.8 Å². The van der Waals surface area contributed by atoms with E-state index in [9.17, 15) is 9.50 Å². The molecule has 124 valence electrons. The van der Waals surface area contributed by atoms with E-state index in [1.807, 2.05) is 43.5 Å². The van der Waals surface area contributed by atoms with E-state index in [2.05, 4.69) is 11.1 Å². The number of phenolic OH excluding ortho intramolecular Hbond substituents is 1. The molecule has 2 N–H and O–H groups in total. The zero-order valence-electron chi connectivity index (χ0n) is 13.8. The zero-order valence-corrected chi connectivity index (χ0v) is 13.8. The molecule has 3 aromatic carbocycles. The minimum Gasteiger partial charge on any atom is -0.508 e. The van der Waals surface area contributed by atoms with Crippen LogP contribution >= 0.6 is 0 Å². The van der Waals surface area contributed by atoms with Crippen molar-refractivity contribution < 1.29 is 9.50 Å². The first-order valence-corrected chi connectivity index (χ1v) is 8.24. The van der Waals surface area contributed by atoms with Crippen molar-refractivity contribution in [3.05, 3.63) is 101 Å². The van der Waals surface area contributed by atoms with Crippen molar-refractivity contribution in [3.8, 4) is 5.75 Å². The van der Waals surface area contributed by atoms with Crippen molar-refractivity contribution >= 4 is 10.9 Å². The van der Waals surface area contributed by atoms with Gasteiger partial charge >= 0.3 is 0 Å². The molecule has 0 aliphatic carbocycles. The third kappa shape index (κ3) is 2.78. The van der Waals surface area contributed by atoms with E-state index in [0.717, 1.165) is 33.2 Å². The molecular weight excluding hydrogens is 313 g/mol. The van der Waals surface area contributed by atoms with Crippen LogP contribution in [0.1, 0.15) is 28.2 Å². The van der Waals surface area contributed by atoms with Gasteiger partial charge in [0.1, 0.15) is 11.6 Å².